The maximum Gasteiger partial charge on any atom is 0.0541 e. The number of para-hydroxylation sites is 3. The zero-order chi connectivity index (χ0) is 36.9. The van der Waals surface area contributed by atoms with Crippen LogP contribution < -0.4 is 0 Å². The Labute approximate surface area is 321 Å². The molecule has 2 heteroatoms. The van der Waals surface area contributed by atoms with Crippen molar-refractivity contribution in [2.45, 2.75) is 6.92 Å². The highest BCUT2D eigenvalue weighted by atomic mass is 15.0. The summed E-state index contributed by atoms with van der Waals surface area (Å²) in [4.78, 5) is 0. The number of hydrogen-bond acceptors (Lipinski definition) is 0. The van der Waals surface area contributed by atoms with Crippen molar-refractivity contribution in [1.29, 1.82) is 0 Å². The number of fused-ring (bicyclic) bond motifs is 6. The Bertz CT molecular complexity index is 3100. The van der Waals surface area contributed by atoms with Crippen molar-refractivity contribution in [3.63, 3.8) is 0 Å². The lowest BCUT2D eigenvalue weighted by molar-refractivity contribution is 1.18. The highest BCUT2D eigenvalue weighted by Gasteiger charge is 2.18. The van der Waals surface area contributed by atoms with E-state index in [4.69, 9.17) is 0 Å². The summed E-state index contributed by atoms with van der Waals surface area (Å²) in [5, 5.41) is 4.98. The summed E-state index contributed by atoms with van der Waals surface area (Å²) in [6.45, 7) is 6.05. The molecule has 0 bridgehead atoms. The van der Waals surface area contributed by atoms with Crippen molar-refractivity contribution in [2.24, 2.45) is 0 Å². The Morgan fingerprint density at radius 2 is 0.945 bits per heavy atom. The molecule has 0 atom stereocenters. The highest BCUT2D eigenvalue weighted by molar-refractivity contribution is 6.13. The molecule has 8 aromatic carbocycles. The molecule has 2 aromatic heterocycles. The van der Waals surface area contributed by atoms with E-state index in [1.165, 1.54) is 88.2 Å². The third-order valence-corrected chi connectivity index (χ3v) is 11.1. The fraction of sp³-hybridized carbons (Fsp3) is 0.0189. The van der Waals surface area contributed by atoms with Crippen LogP contribution in [0.1, 0.15) is 12.5 Å². The molecule has 0 aliphatic heterocycles. The van der Waals surface area contributed by atoms with Gasteiger partial charge in [0.25, 0.3) is 0 Å². The Balaban J connectivity index is 1.08. The van der Waals surface area contributed by atoms with Crippen molar-refractivity contribution < 1.29 is 0 Å². The number of aromatic nitrogens is 2. The minimum atomic E-state index is 1.14. The molecule has 2 heterocycles. The summed E-state index contributed by atoms with van der Waals surface area (Å²) in [5.41, 5.74) is 16.6. The molecular formula is C53H38N2. The molecule has 0 radical (unpaired) electrons. The number of benzene rings is 8. The van der Waals surface area contributed by atoms with Gasteiger partial charge in [-0.2, -0.15) is 0 Å². The monoisotopic (exact) mass is 702 g/mol. The zero-order valence-electron chi connectivity index (χ0n) is 30.7. The maximum atomic E-state index is 4.00. The van der Waals surface area contributed by atoms with Crippen LogP contribution in [0.2, 0.25) is 0 Å². The topological polar surface area (TPSA) is 9.86 Å². The van der Waals surface area contributed by atoms with E-state index in [-0.39, 0.29) is 0 Å². The number of nitrogens with zero attached hydrogens (tertiary/aromatic N) is 2. The van der Waals surface area contributed by atoms with Crippen LogP contribution in [0.15, 0.2) is 207 Å². The van der Waals surface area contributed by atoms with Gasteiger partial charge in [-0.05, 0) is 107 Å². The Morgan fingerprint density at radius 1 is 0.418 bits per heavy atom. The van der Waals surface area contributed by atoms with E-state index in [1.54, 1.807) is 0 Å². The third-order valence-electron chi connectivity index (χ3n) is 11.1. The van der Waals surface area contributed by atoms with Crippen molar-refractivity contribution in [3.8, 4) is 44.8 Å². The van der Waals surface area contributed by atoms with Crippen molar-refractivity contribution in [2.75, 3.05) is 0 Å². The quantitative estimate of drug-likeness (QED) is 0.146. The molecule has 10 rings (SSSR count). The first-order valence-corrected chi connectivity index (χ1v) is 18.9. The maximum absolute atomic E-state index is 4.00. The molecule has 0 saturated heterocycles. The highest BCUT2D eigenvalue weighted by Crippen LogP contribution is 2.40. The molecule has 0 aliphatic rings. The second-order valence-electron chi connectivity index (χ2n) is 14.1. The van der Waals surface area contributed by atoms with Gasteiger partial charge in [0.15, 0.2) is 0 Å². The van der Waals surface area contributed by atoms with Gasteiger partial charge in [-0.1, -0.05) is 146 Å². The minimum Gasteiger partial charge on any atom is -0.309 e. The smallest absolute Gasteiger partial charge is 0.0541 e. The average molecular weight is 703 g/mol. The lowest BCUT2D eigenvalue weighted by Crippen LogP contribution is -1.97. The molecule has 55 heavy (non-hydrogen) atoms. The zero-order valence-corrected chi connectivity index (χ0v) is 30.7. The second-order valence-corrected chi connectivity index (χ2v) is 14.1. The van der Waals surface area contributed by atoms with Crippen LogP contribution in [-0.2, 0) is 0 Å². The van der Waals surface area contributed by atoms with Crippen LogP contribution in [0.3, 0.4) is 0 Å². The third kappa shape index (κ3) is 5.42. The van der Waals surface area contributed by atoms with Crippen LogP contribution >= 0.6 is 0 Å². The molecule has 0 fully saturated rings. The fourth-order valence-corrected chi connectivity index (χ4v) is 8.46. The molecule has 0 N–H and O–H groups in total. The largest absolute Gasteiger partial charge is 0.309 e. The summed E-state index contributed by atoms with van der Waals surface area (Å²) in [7, 11) is 0. The Hall–Kier alpha value is -7.16. The molecule has 260 valence electrons. The average Bonchev–Trinajstić information content (AvgIpc) is 3.77. The van der Waals surface area contributed by atoms with Crippen LogP contribution in [0.5, 0.6) is 0 Å². The first-order valence-electron chi connectivity index (χ1n) is 18.9. The van der Waals surface area contributed by atoms with E-state index < -0.39 is 0 Å². The summed E-state index contributed by atoms with van der Waals surface area (Å²) in [6, 6.07) is 68.5. The van der Waals surface area contributed by atoms with Crippen molar-refractivity contribution >= 4 is 49.2 Å². The SMILES string of the molecule is C=C/C(=C\C)c1cccc(-c2ccc(-n3c4ccccc4c4cc(-c5ccc6c(c5)c5ccccc5n6-c5ccccc5-c5ccccc5)ccc43)cc2)c1. The fourth-order valence-electron chi connectivity index (χ4n) is 8.46. The summed E-state index contributed by atoms with van der Waals surface area (Å²) < 4.78 is 4.82. The van der Waals surface area contributed by atoms with Gasteiger partial charge in [0.05, 0.1) is 27.8 Å². The predicted octanol–water partition coefficient (Wildman–Crippen LogP) is 14.5. The molecule has 10 aromatic rings. The molecule has 0 spiro atoms. The minimum absolute atomic E-state index is 1.14. The second kappa shape index (κ2) is 13.4. The van der Waals surface area contributed by atoms with Gasteiger partial charge in [-0.3, -0.25) is 0 Å². The van der Waals surface area contributed by atoms with E-state index in [9.17, 15) is 0 Å². The number of allylic oxidation sites excluding steroid dienone is 3. The Morgan fingerprint density at radius 3 is 1.62 bits per heavy atom. The van der Waals surface area contributed by atoms with E-state index in [1.807, 2.05) is 6.08 Å². The molecule has 2 nitrogen and oxygen atoms in total. The van der Waals surface area contributed by atoms with E-state index in [0.717, 1.165) is 11.3 Å². The van der Waals surface area contributed by atoms with Gasteiger partial charge < -0.3 is 9.13 Å². The predicted molar refractivity (Wildman–Crippen MR) is 235 cm³/mol. The van der Waals surface area contributed by atoms with Gasteiger partial charge in [0, 0.05) is 32.8 Å². The van der Waals surface area contributed by atoms with Crippen LogP contribution in [0.4, 0.5) is 0 Å². The molecule has 0 saturated carbocycles. The first-order chi connectivity index (χ1) is 27.2. The molecule has 0 aliphatic carbocycles. The van der Waals surface area contributed by atoms with Crippen LogP contribution in [-0.4, -0.2) is 9.13 Å². The normalized spacial score (nSPS) is 11.9. The van der Waals surface area contributed by atoms with Crippen LogP contribution in [0, 0.1) is 0 Å². The van der Waals surface area contributed by atoms with Gasteiger partial charge >= 0.3 is 0 Å². The van der Waals surface area contributed by atoms with E-state index in [0.29, 0.717) is 0 Å². The van der Waals surface area contributed by atoms with Gasteiger partial charge in [0.2, 0.25) is 0 Å². The summed E-state index contributed by atoms with van der Waals surface area (Å²) in [6.07, 6.45) is 4.02. The van der Waals surface area contributed by atoms with Crippen molar-refractivity contribution in [1.82, 2.24) is 9.13 Å². The van der Waals surface area contributed by atoms with Gasteiger partial charge in [-0.25, -0.2) is 0 Å². The molecular weight excluding hydrogens is 665 g/mol. The first kappa shape index (κ1) is 32.5. The van der Waals surface area contributed by atoms with Crippen molar-refractivity contribution in [3.05, 3.63) is 212 Å². The lowest BCUT2D eigenvalue weighted by atomic mass is 9.99. The Kier molecular flexibility index (Phi) is 7.89. The summed E-state index contributed by atoms with van der Waals surface area (Å²) in [5.74, 6) is 0. The standard InChI is InChI=1S/C53H38N2/c1-3-36(4-2)39-17-14-18-40(33-39)37-25-29-43(30-26-37)54-50-23-12-9-20-45(50)47-34-41(27-31-52(47)54)42-28-32-53-48(35-42)46-21-10-13-24-51(46)55(53)49-22-11-8-19-44(49)38-15-6-5-7-16-38/h3-35H,1H2,2H3/b36-4+. The summed E-state index contributed by atoms with van der Waals surface area (Å²) >= 11 is 0. The van der Waals surface area contributed by atoms with Crippen LogP contribution in [0.25, 0.3) is 93.9 Å². The number of hydrogen-bond donors (Lipinski definition) is 0. The lowest BCUT2D eigenvalue weighted by Gasteiger charge is -2.14. The molecule has 0 amide bonds. The van der Waals surface area contributed by atoms with Gasteiger partial charge in [-0.15, -0.1) is 0 Å². The molecule has 0 unspecified atom stereocenters. The van der Waals surface area contributed by atoms with E-state index in [2.05, 4.69) is 217 Å². The van der Waals surface area contributed by atoms with Gasteiger partial charge in [0.1, 0.15) is 0 Å². The number of rotatable bonds is 7. The van der Waals surface area contributed by atoms with E-state index >= 15 is 0 Å².